The number of rotatable bonds is 1. The summed E-state index contributed by atoms with van der Waals surface area (Å²) in [5.41, 5.74) is 0.584. The molecular weight excluding hydrogens is 365 g/mol. The van der Waals surface area contributed by atoms with Crippen molar-refractivity contribution < 1.29 is 47.0 Å². The minimum Gasteiger partial charge on any atom is -0.466 e. The summed E-state index contributed by atoms with van der Waals surface area (Å²) >= 11 is 6.06. The normalized spacial score (nSPS) is 32.9. The SMILES string of the molecule is COC(=O)C1=CC2C=[C-]C=CC2OC2C=CC(Cl)=CC12.[Y]. The fourth-order valence-corrected chi connectivity index (χ4v) is 2.87. The van der Waals surface area contributed by atoms with Gasteiger partial charge < -0.3 is 9.47 Å². The number of allylic oxidation sites excluding steroid dienone is 4. The first kappa shape index (κ1) is 16.9. The van der Waals surface area contributed by atoms with Crippen molar-refractivity contribution in [2.75, 3.05) is 7.11 Å². The number of carbonyl (C=O) groups is 1. The van der Waals surface area contributed by atoms with Gasteiger partial charge in [0.2, 0.25) is 0 Å². The summed E-state index contributed by atoms with van der Waals surface area (Å²) in [6, 6.07) is 0. The molecule has 3 nitrogen and oxygen atoms in total. The van der Waals surface area contributed by atoms with Crippen molar-refractivity contribution >= 4 is 17.6 Å². The van der Waals surface area contributed by atoms with Crippen LogP contribution in [0.4, 0.5) is 0 Å². The average Bonchev–Trinajstić information content (AvgIpc) is 2.63. The standard InChI is InChI=1S/C16H14ClO3.Y/c1-19-16(18)13-8-10-4-2-3-5-14(10)20-15-7-6-11(17)9-12(13)15;/h3-10,12,14-15H,1H3;/q-1;. The van der Waals surface area contributed by atoms with Crippen molar-refractivity contribution in [1.29, 1.82) is 0 Å². The van der Waals surface area contributed by atoms with Gasteiger partial charge in [-0.15, -0.1) is 0 Å². The van der Waals surface area contributed by atoms with Crippen LogP contribution in [0.1, 0.15) is 0 Å². The molecule has 3 rings (SSSR count). The van der Waals surface area contributed by atoms with E-state index in [1.54, 1.807) is 6.08 Å². The molecular formula is C16H14ClO3Y-. The van der Waals surface area contributed by atoms with E-state index in [0.29, 0.717) is 10.6 Å². The van der Waals surface area contributed by atoms with E-state index < -0.39 is 0 Å². The quantitative estimate of drug-likeness (QED) is 0.520. The number of esters is 1. The molecule has 4 atom stereocenters. The number of hydrogen-bond donors (Lipinski definition) is 0. The minimum absolute atomic E-state index is 0. The Bertz CT molecular complexity index is 574. The molecule has 1 aliphatic heterocycles. The fourth-order valence-electron chi connectivity index (χ4n) is 2.67. The molecule has 3 aliphatic rings. The third-order valence-electron chi connectivity index (χ3n) is 3.65. The monoisotopic (exact) mass is 378 g/mol. The van der Waals surface area contributed by atoms with E-state index in [0.717, 1.165) is 0 Å². The summed E-state index contributed by atoms with van der Waals surface area (Å²) in [6.45, 7) is 0. The molecule has 0 amide bonds. The molecule has 0 fully saturated rings. The van der Waals surface area contributed by atoms with Crippen molar-refractivity contribution in [3.63, 3.8) is 0 Å². The van der Waals surface area contributed by atoms with Crippen molar-refractivity contribution in [3.8, 4) is 0 Å². The average molecular weight is 379 g/mol. The third-order valence-corrected chi connectivity index (χ3v) is 3.91. The van der Waals surface area contributed by atoms with Gasteiger partial charge in [-0.25, -0.2) is 16.9 Å². The number of carbonyl (C=O) groups excluding carboxylic acids is 1. The van der Waals surface area contributed by atoms with Crippen molar-refractivity contribution in [3.05, 3.63) is 59.2 Å². The Balaban J connectivity index is 0.00000161. The second kappa shape index (κ2) is 7.19. The van der Waals surface area contributed by atoms with Crippen LogP contribution in [0.25, 0.3) is 0 Å². The Labute approximate surface area is 154 Å². The zero-order valence-electron chi connectivity index (χ0n) is 11.5. The van der Waals surface area contributed by atoms with Crippen LogP contribution in [0, 0.1) is 17.9 Å². The van der Waals surface area contributed by atoms with Crippen LogP contribution in [0.15, 0.2) is 53.1 Å². The van der Waals surface area contributed by atoms with E-state index in [9.17, 15) is 4.79 Å². The molecule has 21 heavy (non-hydrogen) atoms. The van der Waals surface area contributed by atoms with Crippen LogP contribution in [0.3, 0.4) is 0 Å². The van der Waals surface area contributed by atoms with Gasteiger partial charge in [0, 0.05) is 55.3 Å². The van der Waals surface area contributed by atoms with E-state index in [-0.39, 0.29) is 62.7 Å². The molecule has 0 N–H and O–H groups in total. The maximum Gasteiger partial charge on any atom is 0.334 e. The number of hydrogen-bond acceptors (Lipinski definition) is 3. The van der Waals surface area contributed by atoms with Crippen LogP contribution in [-0.4, -0.2) is 25.3 Å². The molecule has 0 saturated carbocycles. The Hall–Kier alpha value is -0.476. The molecule has 0 bridgehead atoms. The van der Waals surface area contributed by atoms with E-state index in [2.05, 4.69) is 6.08 Å². The van der Waals surface area contributed by atoms with Gasteiger partial charge in [0.05, 0.1) is 13.2 Å². The molecule has 0 saturated heterocycles. The summed E-state index contributed by atoms with van der Waals surface area (Å²) in [5.74, 6) is -0.573. The Kier molecular flexibility index (Phi) is 5.78. The summed E-state index contributed by atoms with van der Waals surface area (Å²) < 4.78 is 11.0. The number of methoxy groups -OCH3 is 1. The maximum absolute atomic E-state index is 12.1. The van der Waals surface area contributed by atoms with Gasteiger partial charge in [-0.3, -0.25) is 6.08 Å². The topological polar surface area (TPSA) is 35.5 Å². The molecule has 0 aromatic heterocycles. The second-order valence-corrected chi connectivity index (χ2v) is 5.32. The molecule has 1 heterocycles. The molecule has 2 aliphatic carbocycles. The van der Waals surface area contributed by atoms with Crippen LogP contribution in [-0.2, 0) is 47.0 Å². The first-order valence-electron chi connectivity index (χ1n) is 6.46. The third kappa shape index (κ3) is 3.48. The summed E-state index contributed by atoms with van der Waals surface area (Å²) in [6.07, 6.45) is 15.8. The fraction of sp³-hybridized carbons (Fsp3) is 0.312. The van der Waals surface area contributed by atoms with Gasteiger partial charge in [0.15, 0.2) is 0 Å². The van der Waals surface area contributed by atoms with Crippen LogP contribution in [0.2, 0.25) is 0 Å². The van der Waals surface area contributed by atoms with E-state index in [1.807, 2.05) is 36.5 Å². The predicted octanol–water partition coefficient (Wildman–Crippen LogP) is 2.70. The van der Waals surface area contributed by atoms with Gasteiger partial charge in [0.1, 0.15) is 0 Å². The Morgan fingerprint density at radius 1 is 1.33 bits per heavy atom. The summed E-state index contributed by atoms with van der Waals surface area (Å²) in [7, 11) is 1.38. The molecule has 4 unspecified atom stereocenters. The Morgan fingerprint density at radius 2 is 2.14 bits per heavy atom. The largest absolute Gasteiger partial charge is 0.466 e. The number of fused-ring (bicyclic) bond motifs is 2. The van der Waals surface area contributed by atoms with Crippen molar-refractivity contribution in [2.24, 2.45) is 11.8 Å². The zero-order valence-corrected chi connectivity index (χ0v) is 15.1. The molecule has 0 spiro atoms. The van der Waals surface area contributed by atoms with Gasteiger partial charge in [0.25, 0.3) is 0 Å². The first-order chi connectivity index (χ1) is 9.69. The minimum atomic E-state index is -0.344. The second-order valence-electron chi connectivity index (χ2n) is 4.89. The van der Waals surface area contributed by atoms with Crippen molar-refractivity contribution in [2.45, 2.75) is 12.2 Å². The molecule has 1 radical (unpaired) electrons. The number of ether oxygens (including phenoxy) is 2. The van der Waals surface area contributed by atoms with Gasteiger partial charge >= 0.3 is 5.97 Å². The van der Waals surface area contributed by atoms with E-state index in [1.165, 1.54) is 7.11 Å². The van der Waals surface area contributed by atoms with Crippen LogP contribution in [0.5, 0.6) is 0 Å². The van der Waals surface area contributed by atoms with E-state index >= 15 is 0 Å². The smallest absolute Gasteiger partial charge is 0.334 e. The van der Waals surface area contributed by atoms with Gasteiger partial charge in [-0.05, 0) is 12.0 Å². The first-order valence-corrected chi connectivity index (χ1v) is 6.84. The van der Waals surface area contributed by atoms with Crippen LogP contribution < -0.4 is 0 Å². The predicted molar refractivity (Wildman–Crippen MR) is 75.8 cm³/mol. The van der Waals surface area contributed by atoms with Gasteiger partial charge in [-0.2, -0.15) is 6.08 Å². The van der Waals surface area contributed by atoms with Gasteiger partial charge in [-0.1, -0.05) is 29.8 Å². The van der Waals surface area contributed by atoms with E-state index in [4.69, 9.17) is 21.1 Å². The molecule has 0 aromatic carbocycles. The maximum atomic E-state index is 12.1. The van der Waals surface area contributed by atoms with Crippen LogP contribution >= 0.6 is 11.6 Å². The molecule has 107 valence electrons. The summed E-state index contributed by atoms with van der Waals surface area (Å²) in [5, 5.41) is 0.604. The Morgan fingerprint density at radius 3 is 2.90 bits per heavy atom. The zero-order chi connectivity index (χ0) is 14.1. The molecule has 5 heteroatoms. The molecule has 0 aromatic rings. The van der Waals surface area contributed by atoms with Crippen molar-refractivity contribution in [1.82, 2.24) is 0 Å². The number of halogens is 1. The summed E-state index contributed by atoms with van der Waals surface area (Å²) in [4.78, 5) is 12.1.